The number of aromatic amines is 1. The van der Waals surface area contributed by atoms with Gasteiger partial charge in [0.1, 0.15) is 17.4 Å². The van der Waals surface area contributed by atoms with Gasteiger partial charge in [0.15, 0.2) is 6.04 Å². The molecule has 1 heterocycles. The van der Waals surface area contributed by atoms with Crippen molar-refractivity contribution in [3.05, 3.63) is 66.0 Å². The topological polar surface area (TPSA) is 137 Å². The molecule has 2 aromatic carbocycles. The number of carboxylic acids is 1. The van der Waals surface area contributed by atoms with Crippen molar-refractivity contribution in [2.45, 2.75) is 13.0 Å². The summed E-state index contributed by atoms with van der Waals surface area (Å²) in [5.74, 6) is 0.104. The number of nitrogens with one attached hydrogen (secondary N) is 3. The molecule has 3 aromatic rings. The molecule has 8 nitrogen and oxygen atoms in total. The third-order valence-electron chi connectivity index (χ3n) is 4.10. The molecule has 8 heteroatoms. The normalized spacial score (nSPS) is 11.6. The number of hydrogen-bond acceptors (Lipinski definition) is 5. The molecule has 6 N–H and O–H groups in total. The Kier molecular flexibility index (Phi) is 5.59. The lowest BCUT2D eigenvalue weighted by molar-refractivity contribution is -0.138. The third-order valence-corrected chi connectivity index (χ3v) is 4.10. The summed E-state index contributed by atoms with van der Waals surface area (Å²) in [6.07, 6.45) is 3.33. The molecule has 1 atom stereocenters. The van der Waals surface area contributed by atoms with Crippen LogP contribution in [0.2, 0.25) is 0 Å². The molecule has 0 bridgehead atoms. The van der Waals surface area contributed by atoms with Gasteiger partial charge in [-0.2, -0.15) is 0 Å². The molecule has 0 aliphatic carbocycles. The van der Waals surface area contributed by atoms with E-state index in [1.165, 1.54) is 0 Å². The number of nitrogens with zero attached hydrogens (tertiary/aromatic N) is 1. The molecular formula is C20H21N5O3. The Hall–Kier alpha value is -3.81. The van der Waals surface area contributed by atoms with Gasteiger partial charge < -0.3 is 25.9 Å². The van der Waals surface area contributed by atoms with E-state index >= 15 is 0 Å². The van der Waals surface area contributed by atoms with Crippen LogP contribution in [-0.2, 0) is 4.79 Å². The Labute approximate surface area is 161 Å². The quantitative estimate of drug-likeness (QED) is 0.301. The van der Waals surface area contributed by atoms with Crippen LogP contribution in [-0.4, -0.2) is 33.5 Å². The van der Waals surface area contributed by atoms with Gasteiger partial charge in [-0.3, -0.25) is 5.41 Å². The molecule has 0 amide bonds. The van der Waals surface area contributed by atoms with Gasteiger partial charge in [-0.15, -0.1) is 0 Å². The summed E-state index contributed by atoms with van der Waals surface area (Å²) in [5, 5.41) is 20.2. The zero-order valence-electron chi connectivity index (χ0n) is 15.3. The second kappa shape index (κ2) is 8.26. The number of nitrogen functional groups attached to an aromatic ring is 1. The minimum absolute atomic E-state index is 0.0474. The number of aliphatic carboxylic acids is 1. The first-order chi connectivity index (χ1) is 13.5. The third kappa shape index (κ3) is 4.29. The van der Waals surface area contributed by atoms with E-state index in [-0.39, 0.29) is 5.84 Å². The lowest BCUT2D eigenvalue weighted by Crippen LogP contribution is -2.21. The number of ether oxygens (including phenoxy) is 1. The van der Waals surface area contributed by atoms with Crippen molar-refractivity contribution in [1.82, 2.24) is 9.97 Å². The molecule has 0 saturated carbocycles. The maximum Gasteiger partial charge on any atom is 0.330 e. The van der Waals surface area contributed by atoms with Crippen LogP contribution in [0.25, 0.3) is 11.4 Å². The van der Waals surface area contributed by atoms with E-state index in [0.717, 1.165) is 5.56 Å². The first-order valence-corrected chi connectivity index (χ1v) is 8.69. The van der Waals surface area contributed by atoms with E-state index in [1.54, 1.807) is 48.8 Å². The summed E-state index contributed by atoms with van der Waals surface area (Å²) in [7, 11) is 0. The van der Waals surface area contributed by atoms with Crippen molar-refractivity contribution in [3.8, 4) is 17.1 Å². The highest BCUT2D eigenvalue weighted by Crippen LogP contribution is 2.29. The van der Waals surface area contributed by atoms with Gasteiger partial charge in [0, 0.05) is 29.2 Å². The summed E-state index contributed by atoms with van der Waals surface area (Å²) in [5.41, 5.74) is 7.88. The van der Waals surface area contributed by atoms with Gasteiger partial charge in [-0.25, -0.2) is 9.78 Å². The van der Waals surface area contributed by atoms with Crippen molar-refractivity contribution in [2.24, 2.45) is 5.73 Å². The minimum atomic E-state index is -1.03. The molecule has 1 aromatic heterocycles. The number of carbonyl (C=O) groups is 1. The van der Waals surface area contributed by atoms with Gasteiger partial charge in [0.25, 0.3) is 0 Å². The number of imidazole rings is 1. The van der Waals surface area contributed by atoms with Crippen LogP contribution < -0.4 is 15.8 Å². The first-order valence-electron chi connectivity index (χ1n) is 8.69. The van der Waals surface area contributed by atoms with Gasteiger partial charge in [0.05, 0.1) is 6.61 Å². The van der Waals surface area contributed by atoms with Crippen molar-refractivity contribution in [3.63, 3.8) is 0 Å². The molecule has 3 rings (SSSR count). The minimum Gasteiger partial charge on any atom is -0.494 e. The van der Waals surface area contributed by atoms with Crippen LogP contribution in [0.3, 0.4) is 0 Å². The summed E-state index contributed by atoms with van der Waals surface area (Å²) >= 11 is 0. The fraction of sp³-hybridized carbons (Fsp3) is 0.150. The molecule has 0 aliphatic heterocycles. The SMILES string of the molecule is CCOc1cc(-c2ncc[nH]2)cc(C(Nc2ccc(C(=N)N)cc2)C(=O)O)c1. The summed E-state index contributed by atoms with van der Waals surface area (Å²) in [4.78, 5) is 19.2. The number of hydrogen-bond donors (Lipinski definition) is 5. The van der Waals surface area contributed by atoms with Crippen molar-refractivity contribution < 1.29 is 14.6 Å². The number of aromatic nitrogens is 2. The Bertz CT molecular complexity index is 968. The number of H-pyrrole nitrogens is 1. The zero-order valence-corrected chi connectivity index (χ0v) is 15.3. The van der Waals surface area contributed by atoms with Crippen LogP contribution in [0, 0.1) is 5.41 Å². The number of rotatable bonds is 8. The smallest absolute Gasteiger partial charge is 0.330 e. The maximum atomic E-state index is 12.0. The maximum absolute atomic E-state index is 12.0. The second-order valence-corrected chi connectivity index (χ2v) is 6.07. The highest BCUT2D eigenvalue weighted by atomic mass is 16.5. The van der Waals surface area contributed by atoms with Gasteiger partial charge in [-0.05, 0) is 55.0 Å². The monoisotopic (exact) mass is 379 g/mol. The average molecular weight is 379 g/mol. The molecule has 28 heavy (non-hydrogen) atoms. The van der Waals surface area contributed by atoms with Crippen LogP contribution in [0.4, 0.5) is 5.69 Å². The highest BCUT2D eigenvalue weighted by Gasteiger charge is 2.22. The predicted octanol–water partition coefficient (Wildman–Crippen LogP) is 3.00. The fourth-order valence-electron chi connectivity index (χ4n) is 2.80. The van der Waals surface area contributed by atoms with Gasteiger partial charge in [-0.1, -0.05) is 0 Å². The molecule has 0 fully saturated rings. The van der Waals surface area contributed by atoms with E-state index in [9.17, 15) is 9.90 Å². The van der Waals surface area contributed by atoms with Crippen LogP contribution in [0.5, 0.6) is 5.75 Å². The fourth-order valence-corrected chi connectivity index (χ4v) is 2.80. The molecule has 0 spiro atoms. The van der Waals surface area contributed by atoms with E-state index < -0.39 is 12.0 Å². The molecular weight excluding hydrogens is 358 g/mol. The Morgan fingerprint density at radius 1 is 1.32 bits per heavy atom. The number of nitrogens with two attached hydrogens (primary N) is 1. The summed E-state index contributed by atoms with van der Waals surface area (Å²) < 4.78 is 5.61. The molecule has 0 radical (unpaired) electrons. The van der Waals surface area contributed by atoms with Crippen LogP contribution >= 0.6 is 0 Å². The van der Waals surface area contributed by atoms with Gasteiger partial charge in [0.2, 0.25) is 0 Å². The number of benzene rings is 2. The zero-order chi connectivity index (χ0) is 20.1. The Morgan fingerprint density at radius 3 is 2.64 bits per heavy atom. The predicted molar refractivity (Wildman–Crippen MR) is 107 cm³/mol. The molecule has 144 valence electrons. The van der Waals surface area contributed by atoms with Gasteiger partial charge >= 0.3 is 5.97 Å². The highest BCUT2D eigenvalue weighted by molar-refractivity contribution is 5.95. The van der Waals surface area contributed by atoms with E-state index in [4.69, 9.17) is 15.9 Å². The Balaban J connectivity index is 1.96. The van der Waals surface area contributed by atoms with Crippen molar-refractivity contribution >= 4 is 17.5 Å². The molecule has 0 saturated heterocycles. The standard InChI is InChI=1S/C20H21N5O3/c1-2-28-16-10-13(9-14(11-16)19-23-7-8-24-19)17(20(26)27)25-15-5-3-12(4-6-15)18(21)22/h3-11,17,25H,2H2,1H3,(H3,21,22)(H,23,24)(H,26,27). The summed E-state index contributed by atoms with van der Waals surface area (Å²) in [6.45, 7) is 2.32. The largest absolute Gasteiger partial charge is 0.494 e. The molecule has 0 aliphatic rings. The first kappa shape index (κ1) is 19.0. The number of carboxylic acid groups (broad SMARTS) is 1. The lowest BCUT2D eigenvalue weighted by Gasteiger charge is -2.18. The van der Waals surface area contributed by atoms with Crippen LogP contribution in [0.1, 0.15) is 24.1 Å². The van der Waals surface area contributed by atoms with E-state index in [2.05, 4.69) is 15.3 Å². The average Bonchev–Trinajstić information content (AvgIpc) is 3.21. The van der Waals surface area contributed by atoms with Crippen molar-refractivity contribution in [1.29, 1.82) is 5.41 Å². The number of amidine groups is 1. The van der Waals surface area contributed by atoms with E-state index in [0.29, 0.717) is 35.0 Å². The van der Waals surface area contributed by atoms with Crippen LogP contribution in [0.15, 0.2) is 54.9 Å². The second-order valence-electron chi connectivity index (χ2n) is 6.07. The molecule has 1 unspecified atom stereocenters. The summed E-state index contributed by atoms with van der Waals surface area (Å²) in [6, 6.07) is 11.0. The lowest BCUT2D eigenvalue weighted by atomic mass is 10.0. The number of anilines is 1. The Morgan fingerprint density at radius 2 is 2.07 bits per heavy atom. The van der Waals surface area contributed by atoms with E-state index in [1.807, 2.05) is 13.0 Å². The van der Waals surface area contributed by atoms with Crippen molar-refractivity contribution in [2.75, 3.05) is 11.9 Å².